The van der Waals surface area contributed by atoms with Crippen LogP contribution in [0.4, 0.5) is 0 Å². The lowest BCUT2D eigenvalue weighted by Gasteiger charge is -2.37. The molecular formula is C15H29N. The van der Waals surface area contributed by atoms with Crippen molar-refractivity contribution in [2.45, 2.75) is 52.4 Å². The van der Waals surface area contributed by atoms with Gasteiger partial charge in [-0.2, -0.15) is 0 Å². The Morgan fingerprint density at radius 1 is 1.00 bits per heavy atom. The molecule has 2 fully saturated rings. The number of rotatable bonds is 3. The van der Waals surface area contributed by atoms with Gasteiger partial charge in [0.15, 0.2) is 0 Å². The molecule has 0 spiro atoms. The second-order valence-electron chi connectivity index (χ2n) is 6.59. The third-order valence-corrected chi connectivity index (χ3v) is 5.00. The van der Waals surface area contributed by atoms with Crippen LogP contribution in [-0.2, 0) is 0 Å². The summed E-state index contributed by atoms with van der Waals surface area (Å²) in [5, 5.41) is 3.40. The molecule has 0 amide bonds. The van der Waals surface area contributed by atoms with Crippen LogP contribution in [0.3, 0.4) is 0 Å². The lowest BCUT2D eigenvalue weighted by atomic mass is 9.69. The third-order valence-electron chi connectivity index (χ3n) is 5.00. The van der Waals surface area contributed by atoms with Gasteiger partial charge in [0, 0.05) is 0 Å². The molecule has 2 saturated carbocycles. The Morgan fingerprint density at radius 2 is 1.69 bits per heavy atom. The van der Waals surface area contributed by atoms with E-state index in [1.165, 1.54) is 45.1 Å². The van der Waals surface area contributed by atoms with Crippen molar-refractivity contribution in [1.29, 1.82) is 0 Å². The largest absolute Gasteiger partial charge is 0.319 e. The predicted molar refractivity (Wildman–Crippen MR) is 70.4 cm³/mol. The lowest BCUT2D eigenvalue weighted by molar-refractivity contribution is 0.135. The van der Waals surface area contributed by atoms with Gasteiger partial charge in [0.1, 0.15) is 0 Å². The van der Waals surface area contributed by atoms with E-state index in [-0.39, 0.29) is 0 Å². The van der Waals surface area contributed by atoms with Crippen LogP contribution in [0.1, 0.15) is 52.4 Å². The first-order valence-electron chi connectivity index (χ1n) is 7.35. The molecule has 0 heterocycles. The second kappa shape index (κ2) is 5.53. The van der Waals surface area contributed by atoms with Crippen LogP contribution in [0.15, 0.2) is 0 Å². The van der Waals surface area contributed by atoms with Gasteiger partial charge < -0.3 is 5.32 Å². The van der Waals surface area contributed by atoms with E-state index < -0.39 is 0 Å². The van der Waals surface area contributed by atoms with Crippen LogP contribution < -0.4 is 5.32 Å². The van der Waals surface area contributed by atoms with E-state index in [2.05, 4.69) is 26.2 Å². The standard InChI is InChI=1S/C15H29N/c1-11-7-12(2)9-14(8-11)15-6-4-5-13(15)10-16-3/h11-16H,4-10H2,1-3H3. The van der Waals surface area contributed by atoms with E-state index in [9.17, 15) is 0 Å². The Labute approximate surface area is 101 Å². The fraction of sp³-hybridized carbons (Fsp3) is 1.00. The Balaban J connectivity index is 1.94. The van der Waals surface area contributed by atoms with Gasteiger partial charge in [-0.05, 0) is 75.3 Å². The van der Waals surface area contributed by atoms with Crippen LogP contribution in [0.2, 0.25) is 0 Å². The van der Waals surface area contributed by atoms with Crippen molar-refractivity contribution in [3.8, 4) is 0 Å². The summed E-state index contributed by atoms with van der Waals surface area (Å²) in [6.45, 7) is 6.18. The van der Waals surface area contributed by atoms with Gasteiger partial charge in [-0.25, -0.2) is 0 Å². The monoisotopic (exact) mass is 223 g/mol. The Bertz CT molecular complexity index is 203. The molecule has 4 unspecified atom stereocenters. The minimum atomic E-state index is 0.976. The summed E-state index contributed by atoms with van der Waals surface area (Å²) in [4.78, 5) is 0. The molecule has 0 bridgehead atoms. The van der Waals surface area contributed by atoms with Crippen LogP contribution >= 0.6 is 0 Å². The fourth-order valence-corrected chi connectivity index (χ4v) is 4.56. The minimum Gasteiger partial charge on any atom is -0.319 e. The van der Waals surface area contributed by atoms with E-state index in [0.717, 1.165) is 29.6 Å². The van der Waals surface area contributed by atoms with Crippen molar-refractivity contribution >= 4 is 0 Å². The molecule has 0 radical (unpaired) electrons. The zero-order valence-corrected chi connectivity index (χ0v) is 11.3. The maximum Gasteiger partial charge on any atom is -0.00208 e. The smallest absolute Gasteiger partial charge is 0.00208 e. The van der Waals surface area contributed by atoms with Crippen molar-refractivity contribution in [3.63, 3.8) is 0 Å². The molecule has 0 aromatic carbocycles. The highest BCUT2D eigenvalue weighted by molar-refractivity contribution is 4.87. The fourth-order valence-electron chi connectivity index (χ4n) is 4.56. The maximum absolute atomic E-state index is 3.40. The van der Waals surface area contributed by atoms with Crippen molar-refractivity contribution in [3.05, 3.63) is 0 Å². The van der Waals surface area contributed by atoms with Crippen molar-refractivity contribution in [2.75, 3.05) is 13.6 Å². The highest BCUT2D eigenvalue weighted by Crippen LogP contribution is 2.45. The average molecular weight is 223 g/mol. The number of hydrogen-bond donors (Lipinski definition) is 1. The topological polar surface area (TPSA) is 12.0 Å². The molecule has 2 aliphatic carbocycles. The van der Waals surface area contributed by atoms with Gasteiger partial charge >= 0.3 is 0 Å². The molecular weight excluding hydrogens is 194 g/mol. The Hall–Kier alpha value is -0.0400. The minimum absolute atomic E-state index is 0.976. The molecule has 0 aliphatic heterocycles. The van der Waals surface area contributed by atoms with Gasteiger partial charge in [-0.1, -0.05) is 20.3 Å². The van der Waals surface area contributed by atoms with Crippen LogP contribution in [-0.4, -0.2) is 13.6 Å². The normalized spacial score (nSPS) is 44.8. The zero-order chi connectivity index (χ0) is 11.5. The molecule has 2 aliphatic rings. The van der Waals surface area contributed by atoms with Gasteiger partial charge in [-0.3, -0.25) is 0 Å². The Kier molecular flexibility index (Phi) is 4.29. The molecule has 0 aromatic heterocycles. The molecule has 0 aromatic rings. The molecule has 1 nitrogen and oxygen atoms in total. The summed E-state index contributed by atoms with van der Waals surface area (Å²) in [6.07, 6.45) is 8.96. The van der Waals surface area contributed by atoms with E-state index in [1.54, 1.807) is 0 Å². The zero-order valence-electron chi connectivity index (χ0n) is 11.3. The highest BCUT2D eigenvalue weighted by Gasteiger charge is 2.36. The highest BCUT2D eigenvalue weighted by atomic mass is 14.8. The van der Waals surface area contributed by atoms with Crippen molar-refractivity contribution in [2.24, 2.45) is 29.6 Å². The molecule has 2 rings (SSSR count). The maximum atomic E-state index is 3.40. The van der Waals surface area contributed by atoms with Crippen molar-refractivity contribution < 1.29 is 0 Å². The average Bonchev–Trinajstić information content (AvgIpc) is 2.65. The second-order valence-corrected chi connectivity index (χ2v) is 6.59. The summed E-state index contributed by atoms with van der Waals surface area (Å²) in [6, 6.07) is 0. The van der Waals surface area contributed by atoms with Crippen LogP contribution in [0, 0.1) is 29.6 Å². The van der Waals surface area contributed by atoms with Crippen LogP contribution in [0.5, 0.6) is 0 Å². The van der Waals surface area contributed by atoms with E-state index >= 15 is 0 Å². The molecule has 94 valence electrons. The van der Waals surface area contributed by atoms with Gasteiger partial charge in [-0.15, -0.1) is 0 Å². The first-order valence-corrected chi connectivity index (χ1v) is 7.35. The third kappa shape index (κ3) is 2.80. The molecule has 1 N–H and O–H groups in total. The van der Waals surface area contributed by atoms with Gasteiger partial charge in [0.2, 0.25) is 0 Å². The van der Waals surface area contributed by atoms with E-state index in [1.807, 2.05) is 0 Å². The van der Waals surface area contributed by atoms with Gasteiger partial charge in [0.25, 0.3) is 0 Å². The van der Waals surface area contributed by atoms with Gasteiger partial charge in [0.05, 0.1) is 0 Å². The van der Waals surface area contributed by atoms with E-state index in [0.29, 0.717) is 0 Å². The predicted octanol–water partition coefficient (Wildman–Crippen LogP) is 3.69. The van der Waals surface area contributed by atoms with E-state index in [4.69, 9.17) is 0 Å². The quantitative estimate of drug-likeness (QED) is 0.769. The van der Waals surface area contributed by atoms with Crippen molar-refractivity contribution in [1.82, 2.24) is 5.32 Å². The van der Waals surface area contributed by atoms with Crippen LogP contribution in [0.25, 0.3) is 0 Å². The molecule has 4 atom stereocenters. The molecule has 16 heavy (non-hydrogen) atoms. The number of hydrogen-bond acceptors (Lipinski definition) is 1. The first kappa shape index (κ1) is 12.4. The number of nitrogens with one attached hydrogen (secondary N) is 1. The SMILES string of the molecule is CNCC1CCCC1C1CC(C)CC(C)C1. The summed E-state index contributed by atoms with van der Waals surface area (Å²) >= 11 is 0. The Morgan fingerprint density at radius 3 is 2.31 bits per heavy atom. The first-order chi connectivity index (χ1) is 7.70. The molecule has 1 heteroatoms. The summed E-state index contributed by atoms with van der Waals surface area (Å²) < 4.78 is 0. The summed E-state index contributed by atoms with van der Waals surface area (Å²) in [5.74, 6) is 5.01. The molecule has 0 saturated heterocycles. The summed E-state index contributed by atoms with van der Waals surface area (Å²) in [7, 11) is 2.11. The lowest BCUT2D eigenvalue weighted by Crippen LogP contribution is -2.31. The summed E-state index contributed by atoms with van der Waals surface area (Å²) in [5.41, 5.74) is 0.